The Morgan fingerprint density at radius 2 is 1.78 bits per heavy atom. The van der Waals surface area contributed by atoms with Crippen LogP contribution in [0.2, 0.25) is 0 Å². The Balaban J connectivity index is 1.58. The molecule has 5 rings (SSSR count). The molecule has 0 saturated carbocycles. The highest BCUT2D eigenvalue weighted by molar-refractivity contribution is 6.02. The number of nitro benzene ring substituents is 1. The lowest BCUT2D eigenvalue weighted by atomic mass is 9.95. The van der Waals surface area contributed by atoms with E-state index in [1.807, 2.05) is 53.5 Å². The largest absolute Gasteiger partial charge is 0.497 e. The molecule has 2 unspecified atom stereocenters. The fourth-order valence-electron chi connectivity index (χ4n) is 4.16. The highest BCUT2D eigenvalue weighted by Crippen LogP contribution is 2.48. The van der Waals surface area contributed by atoms with Crippen molar-refractivity contribution in [2.24, 2.45) is 5.10 Å². The molecule has 3 aromatic rings. The maximum absolute atomic E-state index is 11.3. The van der Waals surface area contributed by atoms with Gasteiger partial charge in [0.05, 0.1) is 30.9 Å². The number of non-ortho nitro benzene ring substituents is 1. The van der Waals surface area contributed by atoms with Crippen molar-refractivity contribution in [2.75, 3.05) is 14.2 Å². The smallest absolute Gasteiger partial charge is 0.269 e. The van der Waals surface area contributed by atoms with Crippen LogP contribution in [-0.4, -0.2) is 29.9 Å². The number of methoxy groups -OCH3 is 2. The number of fused-ring (bicyclic) bond motifs is 3. The number of nitro groups is 1. The standard InChI is InChI=1S/C24H21N3O5/c1-30-18-8-6-15(7-9-18)21-14-22-20-13-19(31-2)10-11-23(20)32-24(26(22)25-21)16-4-3-5-17(12-16)27(28)29/h3-13,22,24H,14H2,1-2H3. The van der Waals surface area contributed by atoms with Crippen LogP contribution in [0.3, 0.4) is 0 Å². The molecule has 8 nitrogen and oxygen atoms in total. The van der Waals surface area contributed by atoms with E-state index in [1.54, 1.807) is 20.3 Å². The molecule has 0 fully saturated rings. The van der Waals surface area contributed by atoms with Crippen molar-refractivity contribution >= 4 is 11.4 Å². The Kier molecular flexibility index (Phi) is 4.89. The summed E-state index contributed by atoms with van der Waals surface area (Å²) < 4.78 is 17.0. The van der Waals surface area contributed by atoms with Gasteiger partial charge >= 0.3 is 0 Å². The van der Waals surface area contributed by atoms with Gasteiger partial charge in [0.1, 0.15) is 17.2 Å². The summed E-state index contributed by atoms with van der Waals surface area (Å²) in [6.07, 6.45) is 0.0814. The fourth-order valence-corrected chi connectivity index (χ4v) is 4.16. The van der Waals surface area contributed by atoms with E-state index in [2.05, 4.69) is 0 Å². The van der Waals surface area contributed by atoms with E-state index in [-0.39, 0.29) is 11.7 Å². The van der Waals surface area contributed by atoms with Crippen LogP contribution >= 0.6 is 0 Å². The van der Waals surface area contributed by atoms with Crippen LogP contribution in [0.15, 0.2) is 71.8 Å². The molecule has 0 saturated heterocycles. The second-order valence-electron chi connectivity index (χ2n) is 7.60. The van der Waals surface area contributed by atoms with Gasteiger partial charge in [-0.25, -0.2) is 5.01 Å². The van der Waals surface area contributed by atoms with Crippen molar-refractivity contribution in [3.05, 3.63) is 93.5 Å². The van der Waals surface area contributed by atoms with Crippen molar-refractivity contribution in [1.29, 1.82) is 0 Å². The predicted molar refractivity (Wildman–Crippen MR) is 118 cm³/mol. The quantitative estimate of drug-likeness (QED) is 0.424. The normalized spacial score (nSPS) is 18.8. The van der Waals surface area contributed by atoms with Crippen molar-refractivity contribution in [3.63, 3.8) is 0 Å². The molecule has 2 aliphatic heterocycles. The highest BCUT2D eigenvalue weighted by Gasteiger charge is 2.41. The minimum absolute atomic E-state index is 0.0155. The molecule has 162 valence electrons. The van der Waals surface area contributed by atoms with E-state index in [4.69, 9.17) is 19.3 Å². The number of hydrazone groups is 1. The Bertz CT molecular complexity index is 1210. The highest BCUT2D eigenvalue weighted by atomic mass is 16.6. The summed E-state index contributed by atoms with van der Waals surface area (Å²) in [7, 11) is 3.26. The average Bonchev–Trinajstić information content (AvgIpc) is 3.29. The third-order valence-electron chi connectivity index (χ3n) is 5.79. The second-order valence-corrected chi connectivity index (χ2v) is 7.60. The van der Waals surface area contributed by atoms with Gasteiger partial charge < -0.3 is 14.2 Å². The third-order valence-corrected chi connectivity index (χ3v) is 5.79. The SMILES string of the molecule is COc1ccc(C2=NN3C(C2)c2cc(OC)ccc2OC3c2cccc([N+](=O)[O-])c2)cc1. The molecule has 2 heterocycles. The molecule has 2 atom stereocenters. The van der Waals surface area contributed by atoms with Crippen LogP contribution in [0.1, 0.15) is 35.4 Å². The first kappa shape index (κ1) is 19.9. The van der Waals surface area contributed by atoms with Crippen LogP contribution < -0.4 is 14.2 Å². The number of nitrogens with zero attached hydrogens (tertiary/aromatic N) is 3. The molecular formula is C24H21N3O5. The molecule has 0 aliphatic carbocycles. The number of rotatable bonds is 5. The first-order valence-corrected chi connectivity index (χ1v) is 10.2. The zero-order valence-electron chi connectivity index (χ0n) is 17.6. The maximum atomic E-state index is 11.3. The molecule has 0 radical (unpaired) electrons. The van der Waals surface area contributed by atoms with Gasteiger partial charge in [0.25, 0.3) is 5.69 Å². The molecule has 0 aromatic heterocycles. The fraction of sp³-hybridized carbons (Fsp3) is 0.208. The number of hydrogen-bond acceptors (Lipinski definition) is 7. The first-order valence-electron chi connectivity index (χ1n) is 10.2. The van der Waals surface area contributed by atoms with Crippen molar-refractivity contribution < 1.29 is 19.1 Å². The zero-order chi connectivity index (χ0) is 22.2. The van der Waals surface area contributed by atoms with E-state index in [9.17, 15) is 10.1 Å². The minimum atomic E-state index is -0.587. The van der Waals surface area contributed by atoms with Gasteiger partial charge in [-0.05, 0) is 48.0 Å². The van der Waals surface area contributed by atoms with Gasteiger partial charge in [-0.15, -0.1) is 0 Å². The second kappa shape index (κ2) is 7.88. The van der Waals surface area contributed by atoms with Crippen molar-refractivity contribution in [1.82, 2.24) is 5.01 Å². The molecule has 0 spiro atoms. The van der Waals surface area contributed by atoms with Crippen molar-refractivity contribution in [3.8, 4) is 17.2 Å². The van der Waals surface area contributed by atoms with E-state index < -0.39 is 11.2 Å². The summed E-state index contributed by atoms with van der Waals surface area (Å²) in [4.78, 5) is 10.9. The minimum Gasteiger partial charge on any atom is -0.497 e. The van der Waals surface area contributed by atoms with Crippen LogP contribution in [-0.2, 0) is 0 Å². The molecular weight excluding hydrogens is 410 g/mol. The lowest BCUT2D eigenvalue weighted by molar-refractivity contribution is -0.385. The van der Waals surface area contributed by atoms with E-state index in [1.165, 1.54) is 12.1 Å². The zero-order valence-corrected chi connectivity index (χ0v) is 17.6. The van der Waals surface area contributed by atoms with Crippen LogP contribution in [0.4, 0.5) is 5.69 Å². The molecule has 0 bridgehead atoms. The Morgan fingerprint density at radius 3 is 2.50 bits per heavy atom. The van der Waals surface area contributed by atoms with Crippen molar-refractivity contribution in [2.45, 2.75) is 18.7 Å². The van der Waals surface area contributed by atoms with Crippen LogP contribution in [0.25, 0.3) is 0 Å². The average molecular weight is 431 g/mol. The van der Waals surface area contributed by atoms with Crippen LogP contribution in [0, 0.1) is 10.1 Å². The molecule has 2 aliphatic rings. The Labute approximate surface area is 184 Å². The van der Waals surface area contributed by atoms with E-state index in [0.717, 1.165) is 34.1 Å². The van der Waals surface area contributed by atoms with Gasteiger partial charge in [-0.3, -0.25) is 10.1 Å². The van der Waals surface area contributed by atoms with Gasteiger partial charge in [0, 0.05) is 29.7 Å². The lowest BCUT2D eigenvalue weighted by Crippen LogP contribution is -2.33. The molecule has 3 aromatic carbocycles. The van der Waals surface area contributed by atoms with E-state index in [0.29, 0.717) is 12.0 Å². The number of benzene rings is 3. The first-order chi connectivity index (χ1) is 15.6. The van der Waals surface area contributed by atoms with Gasteiger partial charge in [0.2, 0.25) is 6.23 Å². The molecule has 32 heavy (non-hydrogen) atoms. The van der Waals surface area contributed by atoms with E-state index >= 15 is 0 Å². The van der Waals surface area contributed by atoms with Crippen LogP contribution in [0.5, 0.6) is 17.2 Å². The Morgan fingerprint density at radius 1 is 1.03 bits per heavy atom. The summed E-state index contributed by atoms with van der Waals surface area (Å²) in [6, 6.07) is 19.9. The molecule has 0 N–H and O–H groups in total. The predicted octanol–water partition coefficient (Wildman–Crippen LogP) is 4.85. The van der Waals surface area contributed by atoms with Gasteiger partial charge in [-0.2, -0.15) is 5.10 Å². The lowest BCUT2D eigenvalue weighted by Gasteiger charge is -2.38. The number of hydrogen-bond donors (Lipinski definition) is 0. The van der Waals surface area contributed by atoms with Gasteiger partial charge in [0.15, 0.2) is 0 Å². The summed E-state index contributed by atoms with van der Waals surface area (Å²) in [5.41, 5.74) is 3.56. The summed E-state index contributed by atoms with van der Waals surface area (Å²) >= 11 is 0. The summed E-state index contributed by atoms with van der Waals surface area (Å²) in [5.74, 6) is 2.23. The van der Waals surface area contributed by atoms with Gasteiger partial charge in [-0.1, -0.05) is 12.1 Å². The summed E-state index contributed by atoms with van der Waals surface area (Å²) in [5, 5.41) is 18.1. The Hall–Kier alpha value is -4.07. The topological polar surface area (TPSA) is 86.4 Å². The monoisotopic (exact) mass is 431 g/mol. The number of ether oxygens (including phenoxy) is 3. The molecule has 8 heteroatoms. The summed E-state index contributed by atoms with van der Waals surface area (Å²) in [6.45, 7) is 0. The maximum Gasteiger partial charge on any atom is 0.269 e. The third kappa shape index (κ3) is 3.39. The molecule has 0 amide bonds.